The van der Waals surface area contributed by atoms with Crippen molar-refractivity contribution in [3.05, 3.63) is 16.4 Å². The number of nitrogens with zero attached hydrogens (tertiary/aromatic N) is 2. The highest BCUT2D eigenvalue weighted by Gasteiger charge is 2.12. The molecule has 0 aromatic carbocycles. The van der Waals surface area contributed by atoms with Crippen molar-refractivity contribution in [2.75, 3.05) is 0 Å². The van der Waals surface area contributed by atoms with Crippen molar-refractivity contribution in [2.24, 2.45) is 7.05 Å². The van der Waals surface area contributed by atoms with Crippen LogP contribution in [0.4, 0.5) is 0 Å². The first-order chi connectivity index (χ1) is 7.10. The maximum atomic E-state index is 6.23. The number of aryl methyl sites for hydroxylation is 2. The number of aromatic nitrogens is 2. The molecule has 15 heavy (non-hydrogen) atoms. The van der Waals surface area contributed by atoms with Gasteiger partial charge in [-0.3, -0.25) is 4.68 Å². The summed E-state index contributed by atoms with van der Waals surface area (Å²) in [4.78, 5) is 0. The van der Waals surface area contributed by atoms with Crippen LogP contribution in [0.3, 0.4) is 0 Å². The number of hydrogen-bond donors (Lipinski definition) is 1. The Morgan fingerprint density at radius 2 is 2.13 bits per heavy atom. The molecular formula is C11H20ClN3. The highest BCUT2D eigenvalue weighted by atomic mass is 35.5. The lowest BCUT2D eigenvalue weighted by Crippen LogP contribution is -2.25. The van der Waals surface area contributed by atoms with E-state index in [0.29, 0.717) is 6.04 Å². The maximum absolute atomic E-state index is 6.23. The van der Waals surface area contributed by atoms with Crippen molar-refractivity contribution >= 4 is 11.6 Å². The van der Waals surface area contributed by atoms with Gasteiger partial charge in [0.1, 0.15) is 0 Å². The Morgan fingerprint density at radius 3 is 2.60 bits per heavy atom. The fourth-order valence-electron chi connectivity index (χ4n) is 1.43. The molecule has 0 aliphatic carbocycles. The van der Waals surface area contributed by atoms with Gasteiger partial charge in [-0.25, -0.2) is 0 Å². The molecule has 1 unspecified atom stereocenters. The van der Waals surface area contributed by atoms with Crippen molar-refractivity contribution in [1.82, 2.24) is 15.1 Å². The molecule has 4 heteroatoms. The molecule has 1 rings (SSSR count). The molecule has 86 valence electrons. The van der Waals surface area contributed by atoms with Gasteiger partial charge in [0, 0.05) is 19.6 Å². The Bertz CT molecular complexity index is 320. The lowest BCUT2D eigenvalue weighted by Gasteiger charge is -2.11. The molecule has 0 radical (unpaired) electrons. The van der Waals surface area contributed by atoms with Crippen molar-refractivity contribution in [1.29, 1.82) is 0 Å². The molecular weight excluding hydrogens is 210 g/mol. The molecule has 0 spiro atoms. The Morgan fingerprint density at radius 1 is 1.47 bits per heavy atom. The van der Waals surface area contributed by atoms with Gasteiger partial charge in [0.05, 0.1) is 16.4 Å². The second-order valence-corrected chi connectivity index (χ2v) is 4.25. The van der Waals surface area contributed by atoms with Gasteiger partial charge in [0.15, 0.2) is 0 Å². The van der Waals surface area contributed by atoms with E-state index in [1.165, 1.54) is 0 Å². The molecule has 1 heterocycles. The first-order valence-electron chi connectivity index (χ1n) is 5.53. The van der Waals surface area contributed by atoms with Gasteiger partial charge < -0.3 is 5.32 Å². The topological polar surface area (TPSA) is 29.9 Å². The van der Waals surface area contributed by atoms with E-state index in [1.807, 2.05) is 11.7 Å². The zero-order chi connectivity index (χ0) is 11.4. The summed E-state index contributed by atoms with van der Waals surface area (Å²) < 4.78 is 1.87. The van der Waals surface area contributed by atoms with Crippen molar-refractivity contribution in [3.63, 3.8) is 0 Å². The van der Waals surface area contributed by atoms with E-state index < -0.39 is 0 Å². The molecule has 0 fully saturated rings. The SMILES string of the molecule is CCc1nn(C)c(CNC(C)CC)c1Cl. The van der Waals surface area contributed by atoms with Crippen LogP contribution in [-0.4, -0.2) is 15.8 Å². The van der Waals surface area contributed by atoms with Crippen LogP contribution < -0.4 is 5.32 Å². The summed E-state index contributed by atoms with van der Waals surface area (Å²) in [5.74, 6) is 0. The molecule has 0 aliphatic rings. The predicted octanol–water partition coefficient (Wildman–Crippen LogP) is 2.52. The highest BCUT2D eigenvalue weighted by Crippen LogP contribution is 2.20. The molecule has 0 bridgehead atoms. The van der Waals surface area contributed by atoms with Gasteiger partial charge in [-0.1, -0.05) is 25.4 Å². The van der Waals surface area contributed by atoms with Crippen LogP contribution >= 0.6 is 11.6 Å². The first kappa shape index (κ1) is 12.5. The summed E-state index contributed by atoms with van der Waals surface area (Å²) in [6, 6.07) is 0.515. The largest absolute Gasteiger partial charge is 0.309 e. The fraction of sp³-hybridized carbons (Fsp3) is 0.727. The van der Waals surface area contributed by atoms with Gasteiger partial charge in [-0.15, -0.1) is 0 Å². The van der Waals surface area contributed by atoms with E-state index in [2.05, 4.69) is 31.2 Å². The zero-order valence-electron chi connectivity index (χ0n) is 9.97. The third-order valence-electron chi connectivity index (χ3n) is 2.73. The highest BCUT2D eigenvalue weighted by molar-refractivity contribution is 6.31. The molecule has 0 saturated carbocycles. The van der Waals surface area contributed by atoms with Crippen molar-refractivity contribution < 1.29 is 0 Å². The molecule has 1 atom stereocenters. The summed E-state index contributed by atoms with van der Waals surface area (Å²) in [5.41, 5.74) is 2.06. The van der Waals surface area contributed by atoms with E-state index in [9.17, 15) is 0 Å². The van der Waals surface area contributed by atoms with E-state index in [1.54, 1.807) is 0 Å². The minimum absolute atomic E-state index is 0.515. The maximum Gasteiger partial charge on any atom is 0.0863 e. The van der Waals surface area contributed by atoms with Crippen LogP contribution in [0.25, 0.3) is 0 Å². The van der Waals surface area contributed by atoms with Gasteiger partial charge in [0.25, 0.3) is 0 Å². The molecule has 1 aromatic heterocycles. The zero-order valence-corrected chi connectivity index (χ0v) is 10.7. The van der Waals surface area contributed by atoms with Crippen LogP contribution in [0.15, 0.2) is 0 Å². The predicted molar refractivity (Wildman–Crippen MR) is 64.2 cm³/mol. The van der Waals surface area contributed by atoms with Crippen LogP contribution in [0, 0.1) is 0 Å². The Labute approximate surface area is 96.8 Å². The average Bonchev–Trinajstić information content (AvgIpc) is 2.51. The number of hydrogen-bond acceptors (Lipinski definition) is 2. The molecule has 1 N–H and O–H groups in total. The molecule has 0 amide bonds. The molecule has 3 nitrogen and oxygen atoms in total. The van der Waals surface area contributed by atoms with Crippen LogP contribution in [0.2, 0.25) is 5.02 Å². The number of rotatable bonds is 5. The summed E-state index contributed by atoms with van der Waals surface area (Å²) in [7, 11) is 1.94. The standard InChI is InChI=1S/C11H20ClN3/c1-5-8(3)13-7-10-11(12)9(6-2)14-15(10)4/h8,13H,5-7H2,1-4H3. The van der Waals surface area contributed by atoms with Crippen molar-refractivity contribution in [2.45, 2.75) is 46.2 Å². The fourth-order valence-corrected chi connectivity index (χ4v) is 1.79. The van der Waals surface area contributed by atoms with Crippen LogP contribution in [-0.2, 0) is 20.0 Å². The lowest BCUT2D eigenvalue weighted by atomic mass is 10.2. The van der Waals surface area contributed by atoms with E-state index >= 15 is 0 Å². The van der Waals surface area contributed by atoms with E-state index in [-0.39, 0.29) is 0 Å². The first-order valence-corrected chi connectivity index (χ1v) is 5.91. The van der Waals surface area contributed by atoms with Gasteiger partial charge in [0.2, 0.25) is 0 Å². The van der Waals surface area contributed by atoms with E-state index in [4.69, 9.17) is 11.6 Å². The van der Waals surface area contributed by atoms with Crippen molar-refractivity contribution in [3.8, 4) is 0 Å². The third kappa shape index (κ3) is 2.95. The minimum atomic E-state index is 0.515. The van der Waals surface area contributed by atoms with Gasteiger partial charge >= 0.3 is 0 Å². The minimum Gasteiger partial charge on any atom is -0.309 e. The smallest absolute Gasteiger partial charge is 0.0863 e. The number of halogens is 1. The second kappa shape index (κ2) is 5.52. The summed E-state index contributed by atoms with van der Waals surface area (Å²) in [6.45, 7) is 7.20. The van der Waals surface area contributed by atoms with Crippen LogP contribution in [0.5, 0.6) is 0 Å². The normalized spacial score (nSPS) is 13.1. The second-order valence-electron chi connectivity index (χ2n) is 3.87. The molecule has 1 aromatic rings. The third-order valence-corrected chi connectivity index (χ3v) is 3.17. The van der Waals surface area contributed by atoms with Crippen LogP contribution in [0.1, 0.15) is 38.6 Å². The Balaban J connectivity index is 2.72. The van der Waals surface area contributed by atoms with Gasteiger partial charge in [-0.05, 0) is 19.8 Å². The quantitative estimate of drug-likeness (QED) is 0.841. The average molecular weight is 230 g/mol. The molecule has 0 saturated heterocycles. The molecule has 0 aliphatic heterocycles. The Kier molecular flexibility index (Phi) is 4.61. The monoisotopic (exact) mass is 229 g/mol. The lowest BCUT2D eigenvalue weighted by molar-refractivity contribution is 0.516. The van der Waals surface area contributed by atoms with E-state index in [0.717, 1.165) is 35.8 Å². The summed E-state index contributed by atoms with van der Waals surface area (Å²) in [5, 5.41) is 8.62. The Hall–Kier alpha value is -0.540. The summed E-state index contributed by atoms with van der Waals surface area (Å²) >= 11 is 6.23. The summed E-state index contributed by atoms with van der Waals surface area (Å²) in [6.07, 6.45) is 2.01. The number of nitrogens with one attached hydrogen (secondary N) is 1. The van der Waals surface area contributed by atoms with Gasteiger partial charge in [-0.2, -0.15) is 5.10 Å².